The van der Waals surface area contributed by atoms with E-state index in [1.807, 2.05) is 31.2 Å². The Bertz CT molecular complexity index is 1150. The minimum atomic E-state index is -0.372. The van der Waals surface area contributed by atoms with Crippen LogP contribution in [0.25, 0.3) is 5.57 Å². The van der Waals surface area contributed by atoms with Crippen molar-refractivity contribution in [1.29, 1.82) is 0 Å². The Hall–Kier alpha value is -3.08. The number of carbonyl (C=O) groups is 2. The van der Waals surface area contributed by atoms with Crippen LogP contribution in [-0.2, 0) is 16.1 Å². The van der Waals surface area contributed by atoms with E-state index in [0.29, 0.717) is 21.2 Å². The number of nitrogens with one attached hydrogen (secondary N) is 1. The number of carbonyl (C=O) groups excluding carboxylic acids is 2. The fourth-order valence-corrected chi connectivity index (χ4v) is 3.59. The van der Waals surface area contributed by atoms with Crippen LogP contribution in [0.3, 0.4) is 0 Å². The summed E-state index contributed by atoms with van der Waals surface area (Å²) in [5, 5.41) is 4.35. The third kappa shape index (κ3) is 3.97. The number of anilines is 1. The molecule has 1 heterocycles. The third-order valence-corrected chi connectivity index (χ3v) is 5.46. The van der Waals surface area contributed by atoms with Gasteiger partial charge in [0.25, 0.3) is 11.8 Å². The van der Waals surface area contributed by atoms with Gasteiger partial charge >= 0.3 is 0 Å². The van der Waals surface area contributed by atoms with Crippen LogP contribution in [0, 0.1) is 6.92 Å². The smallest absolute Gasteiger partial charge is 0.278 e. The molecule has 6 heteroatoms. The maximum absolute atomic E-state index is 13.3. The first kappa shape index (κ1) is 20.2. The molecule has 4 nitrogen and oxygen atoms in total. The van der Waals surface area contributed by atoms with Gasteiger partial charge in [0, 0.05) is 15.7 Å². The third-order valence-electron chi connectivity index (χ3n) is 4.96. The molecule has 150 valence electrons. The second kappa shape index (κ2) is 8.34. The van der Waals surface area contributed by atoms with E-state index in [-0.39, 0.29) is 24.1 Å². The van der Waals surface area contributed by atoms with Crippen molar-refractivity contribution in [3.8, 4) is 0 Å². The summed E-state index contributed by atoms with van der Waals surface area (Å²) < 4.78 is 0. The lowest BCUT2D eigenvalue weighted by molar-refractivity contribution is -0.137. The summed E-state index contributed by atoms with van der Waals surface area (Å²) in [5.74, 6) is -0.725. The minimum Gasteiger partial charge on any atom is -0.350 e. The molecule has 0 unspecified atom stereocenters. The molecule has 0 aromatic heterocycles. The number of nitrogens with zero attached hydrogens (tertiary/aromatic N) is 1. The maximum atomic E-state index is 13.3. The Labute approximate surface area is 184 Å². The Morgan fingerprint density at radius 2 is 1.40 bits per heavy atom. The standard InChI is InChI=1S/C24H18Cl2N2O2/c1-15-4-2-3-5-20(15)27-22-21(17-8-12-19(26)13-9-17)23(29)28(24(22)30)14-16-6-10-18(25)11-7-16/h2-13,27H,14H2,1H3. The summed E-state index contributed by atoms with van der Waals surface area (Å²) in [5.41, 5.74) is 3.77. The van der Waals surface area contributed by atoms with E-state index >= 15 is 0 Å². The van der Waals surface area contributed by atoms with E-state index in [1.165, 1.54) is 4.90 Å². The van der Waals surface area contributed by atoms with Crippen molar-refractivity contribution in [2.75, 3.05) is 5.32 Å². The number of aryl methyl sites for hydroxylation is 1. The van der Waals surface area contributed by atoms with Crippen LogP contribution >= 0.6 is 23.2 Å². The number of halogens is 2. The van der Waals surface area contributed by atoms with Crippen molar-refractivity contribution in [2.24, 2.45) is 0 Å². The first-order valence-corrected chi connectivity index (χ1v) is 10.1. The van der Waals surface area contributed by atoms with Gasteiger partial charge in [0.15, 0.2) is 0 Å². The van der Waals surface area contributed by atoms with Crippen LogP contribution in [0.15, 0.2) is 78.5 Å². The summed E-state index contributed by atoms with van der Waals surface area (Å²) in [6.07, 6.45) is 0. The van der Waals surface area contributed by atoms with Crippen molar-refractivity contribution in [2.45, 2.75) is 13.5 Å². The molecule has 0 fully saturated rings. The van der Waals surface area contributed by atoms with Gasteiger partial charge < -0.3 is 5.32 Å². The number of rotatable bonds is 5. The molecule has 3 aromatic rings. The van der Waals surface area contributed by atoms with Gasteiger partial charge in [-0.2, -0.15) is 0 Å². The Morgan fingerprint density at radius 3 is 2.03 bits per heavy atom. The highest BCUT2D eigenvalue weighted by molar-refractivity contribution is 6.37. The van der Waals surface area contributed by atoms with Gasteiger partial charge in [-0.1, -0.05) is 65.7 Å². The molecule has 0 bridgehead atoms. The van der Waals surface area contributed by atoms with E-state index in [9.17, 15) is 9.59 Å². The lowest BCUT2D eigenvalue weighted by atomic mass is 10.0. The van der Waals surface area contributed by atoms with Gasteiger partial charge in [-0.25, -0.2) is 0 Å². The number of para-hydroxylation sites is 1. The van der Waals surface area contributed by atoms with E-state index in [0.717, 1.165) is 16.8 Å². The Kier molecular flexibility index (Phi) is 5.62. The number of imide groups is 1. The zero-order chi connectivity index (χ0) is 21.3. The molecule has 30 heavy (non-hydrogen) atoms. The van der Waals surface area contributed by atoms with E-state index in [4.69, 9.17) is 23.2 Å². The lowest BCUT2D eigenvalue weighted by Gasteiger charge is -2.16. The molecular weight excluding hydrogens is 419 g/mol. The highest BCUT2D eigenvalue weighted by atomic mass is 35.5. The van der Waals surface area contributed by atoms with Crippen LogP contribution in [0.1, 0.15) is 16.7 Å². The SMILES string of the molecule is Cc1ccccc1NC1=C(c2ccc(Cl)cc2)C(=O)N(Cc2ccc(Cl)cc2)C1=O. The van der Waals surface area contributed by atoms with E-state index in [2.05, 4.69) is 5.32 Å². The van der Waals surface area contributed by atoms with Crippen molar-refractivity contribution < 1.29 is 9.59 Å². The van der Waals surface area contributed by atoms with Gasteiger partial charge in [0.2, 0.25) is 0 Å². The first-order valence-electron chi connectivity index (χ1n) is 9.37. The van der Waals surface area contributed by atoms with Crippen LogP contribution in [0.2, 0.25) is 10.0 Å². The second-order valence-electron chi connectivity index (χ2n) is 7.02. The van der Waals surface area contributed by atoms with Gasteiger partial charge in [0.05, 0.1) is 12.1 Å². The molecule has 1 N–H and O–H groups in total. The van der Waals surface area contributed by atoms with Crippen molar-refractivity contribution in [1.82, 2.24) is 4.90 Å². The largest absolute Gasteiger partial charge is 0.350 e. The molecule has 2 amide bonds. The fourth-order valence-electron chi connectivity index (χ4n) is 3.34. The summed E-state index contributed by atoms with van der Waals surface area (Å²) >= 11 is 12.0. The molecule has 0 atom stereocenters. The highest BCUT2D eigenvalue weighted by Crippen LogP contribution is 2.32. The number of amides is 2. The van der Waals surface area contributed by atoms with Gasteiger partial charge in [-0.15, -0.1) is 0 Å². The fraction of sp³-hybridized carbons (Fsp3) is 0.0833. The number of hydrogen-bond acceptors (Lipinski definition) is 3. The highest BCUT2D eigenvalue weighted by Gasteiger charge is 2.39. The topological polar surface area (TPSA) is 49.4 Å². The summed E-state index contributed by atoms with van der Waals surface area (Å²) in [7, 11) is 0. The van der Waals surface area contributed by atoms with Crippen LogP contribution in [0.5, 0.6) is 0 Å². The predicted molar refractivity (Wildman–Crippen MR) is 120 cm³/mol. The molecule has 0 radical (unpaired) electrons. The van der Waals surface area contributed by atoms with Gasteiger partial charge in [-0.05, 0) is 53.9 Å². The second-order valence-corrected chi connectivity index (χ2v) is 7.89. The molecule has 0 saturated carbocycles. The average molecular weight is 437 g/mol. The van der Waals surface area contributed by atoms with Crippen molar-refractivity contribution >= 4 is 46.3 Å². The molecule has 1 aliphatic rings. The average Bonchev–Trinajstić information content (AvgIpc) is 2.96. The molecule has 0 saturated heterocycles. The summed E-state index contributed by atoms with van der Waals surface area (Å²) in [6.45, 7) is 2.10. The Morgan fingerprint density at radius 1 is 0.800 bits per heavy atom. The summed E-state index contributed by atoms with van der Waals surface area (Å²) in [4.78, 5) is 27.8. The molecule has 3 aromatic carbocycles. The molecule has 0 spiro atoms. The minimum absolute atomic E-state index is 0.158. The molecule has 0 aliphatic carbocycles. The monoisotopic (exact) mass is 436 g/mol. The van der Waals surface area contributed by atoms with Crippen LogP contribution in [-0.4, -0.2) is 16.7 Å². The van der Waals surface area contributed by atoms with Gasteiger partial charge in [0.1, 0.15) is 5.70 Å². The number of benzene rings is 3. The van der Waals surface area contributed by atoms with E-state index in [1.54, 1.807) is 48.5 Å². The zero-order valence-corrected chi connectivity index (χ0v) is 17.7. The molecule has 1 aliphatic heterocycles. The lowest BCUT2D eigenvalue weighted by Crippen LogP contribution is -2.32. The zero-order valence-electron chi connectivity index (χ0n) is 16.2. The summed E-state index contributed by atoms with van der Waals surface area (Å²) in [6, 6.07) is 21.6. The molecular formula is C24H18Cl2N2O2. The predicted octanol–water partition coefficient (Wildman–Crippen LogP) is 5.69. The van der Waals surface area contributed by atoms with Crippen molar-refractivity contribution in [3.63, 3.8) is 0 Å². The quantitative estimate of drug-likeness (QED) is 0.522. The normalized spacial score (nSPS) is 13.9. The van der Waals surface area contributed by atoms with E-state index < -0.39 is 0 Å². The first-order chi connectivity index (χ1) is 14.4. The number of hydrogen-bond donors (Lipinski definition) is 1. The van der Waals surface area contributed by atoms with Crippen molar-refractivity contribution in [3.05, 3.63) is 105 Å². The van der Waals surface area contributed by atoms with Crippen LogP contribution in [0.4, 0.5) is 5.69 Å². The van der Waals surface area contributed by atoms with Crippen LogP contribution < -0.4 is 5.32 Å². The Balaban J connectivity index is 1.74. The maximum Gasteiger partial charge on any atom is 0.278 e. The van der Waals surface area contributed by atoms with Gasteiger partial charge in [-0.3, -0.25) is 14.5 Å². The molecule has 4 rings (SSSR count).